The Bertz CT molecular complexity index is 546. The first-order valence-electron chi connectivity index (χ1n) is 6.06. The van der Waals surface area contributed by atoms with Gasteiger partial charge < -0.3 is 10.2 Å². The fraction of sp³-hybridized carbons (Fsp3) is 0.667. The molecule has 0 bridgehead atoms. The maximum Gasteiger partial charge on any atom is 0.246 e. The standard InChI is InChI=1S/C12H20N2O3S/c1-9-11(6-10(7-13)17-9)18(15,16)14-5-4-12(2,3)8-14/h6H,4-5,7-8,13H2,1-3H3. The van der Waals surface area contributed by atoms with Gasteiger partial charge in [0.25, 0.3) is 0 Å². The highest BCUT2D eigenvalue weighted by atomic mass is 32.2. The van der Waals surface area contributed by atoms with Crippen LogP contribution in [0, 0.1) is 12.3 Å². The largest absolute Gasteiger partial charge is 0.464 e. The molecule has 0 aliphatic carbocycles. The normalized spacial score (nSPS) is 20.4. The number of nitrogens with zero attached hydrogens (tertiary/aromatic N) is 1. The lowest BCUT2D eigenvalue weighted by Gasteiger charge is -2.19. The Kier molecular flexibility index (Phi) is 3.29. The fourth-order valence-corrected chi connectivity index (χ4v) is 4.10. The van der Waals surface area contributed by atoms with E-state index in [4.69, 9.17) is 10.2 Å². The molecule has 6 heteroatoms. The van der Waals surface area contributed by atoms with Gasteiger partial charge in [0, 0.05) is 19.2 Å². The van der Waals surface area contributed by atoms with Crippen molar-refractivity contribution in [2.45, 2.75) is 38.6 Å². The zero-order chi connectivity index (χ0) is 13.6. The number of hydrogen-bond acceptors (Lipinski definition) is 4. The molecule has 5 nitrogen and oxygen atoms in total. The number of hydrogen-bond donors (Lipinski definition) is 1. The summed E-state index contributed by atoms with van der Waals surface area (Å²) in [6, 6.07) is 1.54. The quantitative estimate of drug-likeness (QED) is 0.904. The van der Waals surface area contributed by atoms with Crippen molar-refractivity contribution in [1.29, 1.82) is 0 Å². The number of nitrogens with two attached hydrogens (primary N) is 1. The minimum Gasteiger partial charge on any atom is -0.464 e. The summed E-state index contributed by atoms with van der Waals surface area (Å²) < 4.78 is 31.9. The molecule has 18 heavy (non-hydrogen) atoms. The Morgan fingerprint density at radius 1 is 1.50 bits per heavy atom. The molecule has 0 atom stereocenters. The fourth-order valence-electron chi connectivity index (χ4n) is 2.29. The van der Waals surface area contributed by atoms with E-state index < -0.39 is 10.0 Å². The van der Waals surface area contributed by atoms with E-state index >= 15 is 0 Å². The van der Waals surface area contributed by atoms with Crippen LogP contribution in [0.3, 0.4) is 0 Å². The Morgan fingerprint density at radius 3 is 2.61 bits per heavy atom. The summed E-state index contributed by atoms with van der Waals surface area (Å²) in [6.45, 7) is 7.15. The van der Waals surface area contributed by atoms with Gasteiger partial charge in [-0.05, 0) is 18.8 Å². The maximum atomic E-state index is 12.5. The lowest BCUT2D eigenvalue weighted by atomic mass is 9.93. The van der Waals surface area contributed by atoms with E-state index in [1.807, 2.05) is 0 Å². The molecular weight excluding hydrogens is 252 g/mol. The molecule has 2 N–H and O–H groups in total. The van der Waals surface area contributed by atoms with Crippen molar-refractivity contribution in [1.82, 2.24) is 4.31 Å². The topological polar surface area (TPSA) is 76.5 Å². The SMILES string of the molecule is Cc1oc(CN)cc1S(=O)(=O)N1CCC(C)(C)C1. The van der Waals surface area contributed by atoms with Crippen LogP contribution in [0.25, 0.3) is 0 Å². The first kappa shape index (κ1) is 13.6. The van der Waals surface area contributed by atoms with Gasteiger partial charge in [-0.3, -0.25) is 0 Å². The average molecular weight is 272 g/mol. The van der Waals surface area contributed by atoms with Crippen LogP contribution >= 0.6 is 0 Å². The van der Waals surface area contributed by atoms with Crippen LogP contribution in [0.1, 0.15) is 31.8 Å². The van der Waals surface area contributed by atoms with Gasteiger partial charge in [-0.25, -0.2) is 8.42 Å². The monoisotopic (exact) mass is 272 g/mol. The molecule has 0 saturated carbocycles. The maximum absolute atomic E-state index is 12.5. The molecule has 1 aliphatic heterocycles. The van der Waals surface area contributed by atoms with Gasteiger partial charge in [0.05, 0.1) is 6.54 Å². The van der Waals surface area contributed by atoms with Gasteiger partial charge in [-0.2, -0.15) is 4.31 Å². The first-order chi connectivity index (χ1) is 8.26. The lowest BCUT2D eigenvalue weighted by Crippen LogP contribution is -2.30. The molecule has 0 radical (unpaired) electrons. The molecule has 2 heterocycles. The molecule has 102 valence electrons. The summed E-state index contributed by atoms with van der Waals surface area (Å²) >= 11 is 0. The van der Waals surface area contributed by atoms with Crippen LogP contribution in [0.4, 0.5) is 0 Å². The van der Waals surface area contributed by atoms with E-state index in [0.29, 0.717) is 24.6 Å². The molecule has 0 unspecified atom stereocenters. The first-order valence-corrected chi connectivity index (χ1v) is 7.50. The van der Waals surface area contributed by atoms with Gasteiger partial charge in [0.15, 0.2) is 0 Å². The summed E-state index contributed by atoms with van der Waals surface area (Å²) in [4.78, 5) is 0.251. The van der Waals surface area contributed by atoms with E-state index in [0.717, 1.165) is 6.42 Å². The van der Waals surface area contributed by atoms with Crippen LogP contribution in [0.15, 0.2) is 15.4 Å². The Balaban J connectivity index is 2.34. The molecule has 0 spiro atoms. The predicted molar refractivity (Wildman–Crippen MR) is 68.5 cm³/mol. The molecular formula is C12H20N2O3S. The van der Waals surface area contributed by atoms with Crippen LogP contribution in [-0.4, -0.2) is 25.8 Å². The predicted octanol–water partition coefficient (Wildman–Crippen LogP) is 1.47. The van der Waals surface area contributed by atoms with Crippen LogP contribution in [0.2, 0.25) is 0 Å². The molecule has 1 aromatic heterocycles. The highest BCUT2D eigenvalue weighted by Crippen LogP contribution is 2.34. The van der Waals surface area contributed by atoms with Crippen LogP contribution in [0.5, 0.6) is 0 Å². The zero-order valence-corrected chi connectivity index (χ0v) is 11.9. The number of aryl methyl sites for hydroxylation is 1. The van der Waals surface area contributed by atoms with E-state index in [9.17, 15) is 8.42 Å². The van der Waals surface area contributed by atoms with E-state index in [-0.39, 0.29) is 16.9 Å². The van der Waals surface area contributed by atoms with E-state index in [1.165, 1.54) is 10.4 Å². The second-order valence-electron chi connectivity index (χ2n) is 5.59. The number of sulfonamides is 1. The van der Waals surface area contributed by atoms with E-state index in [1.54, 1.807) is 6.92 Å². The van der Waals surface area contributed by atoms with Crippen LogP contribution in [-0.2, 0) is 16.6 Å². The smallest absolute Gasteiger partial charge is 0.246 e. The van der Waals surface area contributed by atoms with Gasteiger partial charge in [-0.1, -0.05) is 13.8 Å². The van der Waals surface area contributed by atoms with Gasteiger partial charge in [0.2, 0.25) is 10.0 Å². The zero-order valence-electron chi connectivity index (χ0n) is 11.1. The summed E-state index contributed by atoms with van der Waals surface area (Å²) in [6.07, 6.45) is 0.882. The van der Waals surface area contributed by atoms with Crippen molar-refractivity contribution in [2.75, 3.05) is 13.1 Å². The van der Waals surface area contributed by atoms with Gasteiger partial charge in [-0.15, -0.1) is 0 Å². The van der Waals surface area contributed by atoms with Crippen molar-refractivity contribution >= 4 is 10.0 Å². The lowest BCUT2D eigenvalue weighted by molar-refractivity contribution is 0.375. The molecule has 1 aliphatic rings. The molecule has 1 saturated heterocycles. The summed E-state index contributed by atoms with van der Waals surface area (Å²) in [5.41, 5.74) is 5.51. The van der Waals surface area contributed by atoms with Gasteiger partial charge in [0.1, 0.15) is 16.4 Å². The third-order valence-corrected chi connectivity index (χ3v) is 5.34. The summed E-state index contributed by atoms with van der Waals surface area (Å²) in [7, 11) is -3.45. The second kappa shape index (κ2) is 4.36. The Hall–Kier alpha value is -0.850. The number of furan rings is 1. The Labute approximate surface area is 108 Å². The third kappa shape index (κ3) is 2.32. The van der Waals surface area contributed by atoms with Crippen molar-refractivity contribution in [3.8, 4) is 0 Å². The molecule has 1 fully saturated rings. The highest BCUT2D eigenvalue weighted by Gasteiger charge is 2.38. The summed E-state index contributed by atoms with van der Waals surface area (Å²) in [5.74, 6) is 0.921. The molecule has 0 aromatic carbocycles. The molecule has 2 rings (SSSR count). The minimum atomic E-state index is -3.45. The van der Waals surface area contributed by atoms with Crippen molar-refractivity contribution in [3.05, 3.63) is 17.6 Å². The van der Waals surface area contributed by atoms with E-state index in [2.05, 4.69) is 13.8 Å². The number of rotatable bonds is 3. The van der Waals surface area contributed by atoms with Crippen molar-refractivity contribution < 1.29 is 12.8 Å². The highest BCUT2D eigenvalue weighted by molar-refractivity contribution is 7.89. The Morgan fingerprint density at radius 2 is 2.17 bits per heavy atom. The van der Waals surface area contributed by atoms with Crippen molar-refractivity contribution in [3.63, 3.8) is 0 Å². The molecule has 0 amide bonds. The molecule has 1 aromatic rings. The van der Waals surface area contributed by atoms with Gasteiger partial charge >= 0.3 is 0 Å². The average Bonchev–Trinajstić information content (AvgIpc) is 2.82. The van der Waals surface area contributed by atoms with Crippen molar-refractivity contribution in [2.24, 2.45) is 11.1 Å². The van der Waals surface area contributed by atoms with Crippen LogP contribution < -0.4 is 5.73 Å². The third-order valence-electron chi connectivity index (χ3n) is 3.38. The minimum absolute atomic E-state index is 0.0431. The summed E-state index contributed by atoms with van der Waals surface area (Å²) in [5, 5.41) is 0. The second-order valence-corrected chi connectivity index (χ2v) is 7.50.